The van der Waals surface area contributed by atoms with E-state index in [0.29, 0.717) is 15.9 Å². The molecule has 0 atom stereocenters. The van der Waals surface area contributed by atoms with Crippen molar-refractivity contribution in [2.45, 2.75) is 6.92 Å². The van der Waals surface area contributed by atoms with Crippen LogP contribution in [0.15, 0.2) is 22.8 Å². The summed E-state index contributed by atoms with van der Waals surface area (Å²) >= 11 is 9.07. The summed E-state index contributed by atoms with van der Waals surface area (Å²) in [6.07, 6.45) is 1.53. The Hall–Kier alpha value is -1.40. The summed E-state index contributed by atoms with van der Waals surface area (Å²) in [4.78, 5) is 15.8. The minimum atomic E-state index is -0.352. The maximum absolute atomic E-state index is 11.9. The van der Waals surface area contributed by atoms with Crippen LogP contribution in [0, 0.1) is 6.92 Å². The van der Waals surface area contributed by atoms with Crippen LogP contribution in [0.5, 0.6) is 0 Å². The average Bonchev–Trinajstić information content (AvgIpc) is 2.67. The second-order valence-corrected chi connectivity index (χ2v) is 4.66. The van der Waals surface area contributed by atoms with Gasteiger partial charge in [0.1, 0.15) is 5.15 Å². The number of nitrogens with one attached hydrogen (secondary N) is 2. The van der Waals surface area contributed by atoms with E-state index in [4.69, 9.17) is 11.6 Å². The monoisotopic (exact) mass is 314 g/mol. The number of carbonyl (C=O) groups excluding carboxylic acids is 1. The number of aromatic nitrogens is 3. The van der Waals surface area contributed by atoms with Crippen molar-refractivity contribution >= 4 is 39.3 Å². The first-order valence-electron chi connectivity index (χ1n) is 4.70. The third-order valence-electron chi connectivity index (χ3n) is 2.00. The lowest BCUT2D eigenvalue weighted by Gasteiger charge is -2.03. The molecule has 1 amide bonds. The second-order valence-electron chi connectivity index (χ2n) is 3.38. The number of pyridine rings is 1. The first-order valence-corrected chi connectivity index (χ1v) is 5.88. The molecule has 0 aliphatic heterocycles. The normalized spacial score (nSPS) is 10.3. The molecule has 2 N–H and O–H groups in total. The van der Waals surface area contributed by atoms with E-state index in [-0.39, 0.29) is 11.1 Å². The molecule has 0 radical (unpaired) electrons. The van der Waals surface area contributed by atoms with Crippen LogP contribution in [0.3, 0.4) is 0 Å². The Morgan fingerprint density at radius 3 is 2.94 bits per heavy atom. The van der Waals surface area contributed by atoms with E-state index in [9.17, 15) is 4.79 Å². The SMILES string of the molecule is Cc1cc(NC(=O)c2cc(Br)cnc2Cl)n[nH]1. The van der Waals surface area contributed by atoms with Crippen molar-refractivity contribution in [1.29, 1.82) is 0 Å². The van der Waals surface area contributed by atoms with Crippen LogP contribution in [-0.4, -0.2) is 21.1 Å². The molecule has 2 heterocycles. The molecular formula is C10H8BrClN4O. The third-order valence-corrected chi connectivity index (χ3v) is 2.73. The molecule has 0 aromatic carbocycles. The van der Waals surface area contributed by atoms with E-state index in [1.807, 2.05) is 6.92 Å². The smallest absolute Gasteiger partial charge is 0.260 e. The molecule has 5 nitrogen and oxygen atoms in total. The minimum Gasteiger partial charge on any atom is -0.305 e. The summed E-state index contributed by atoms with van der Waals surface area (Å²) in [6.45, 7) is 1.84. The third kappa shape index (κ3) is 2.83. The van der Waals surface area contributed by atoms with Gasteiger partial charge in [-0.15, -0.1) is 0 Å². The zero-order valence-electron chi connectivity index (χ0n) is 8.79. The maximum Gasteiger partial charge on any atom is 0.260 e. The van der Waals surface area contributed by atoms with Gasteiger partial charge in [0, 0.05) is 22.4 Å². The van der Waals surface area contributed by atoms with Crippen molar-refractivity contribution in [1.82, 2.24) is 15.2 Å². The Labute approximate surface area is 111 Å². The van der Waals surface area contributed by atoms with Crippen molar-refractivity contribution in [3.63, 3.8) is 0 Å². The standard InChI is InChI=1S/C10H8BrClN4O/c1-5-2-8(16-15-5)14-10(17)7-3-6(11)4-13-9(7)12/h2-4H,1H3,(H2,14,15,16,17). The maximum atomic E-state index is 11.9. The average molecular weight is 316 g/mol. The molecule has 2 aromatic heterocycles. The second kappa shape index (κ2) is 4.85. The van der Waals surface area contributed by atoms with Gasteiger partial charge in [-0.05, 0) is 28.9 Å². The van der Waals surface area contributed by atoms with Crippen LogP contribution < -0.4 is 5.32 Å². The Bertz CT molecular complexity index is 569. The molecule has 88 valence electrons. The van der Waals surface area contributed by atoms with Gasteiger partial charge in [0.05, 0.1) is 5.56 Å². The lowest BCUT2D eigenvalue weighted by atomic mass is 10.2. The largest absolute Gasteiger partial charge is 0.305 e. The molecule has 0 aliphatic carbocycles. The zero-order chi connectivity index (χ0) is 12.4. The van der Waals surface area contributed by atoms with Crippen LogP contribution in [0.2, 0.25) is 5.15 Å². The fourth-order valence-electron chi connectivity index (χ4n) is 1.25. The molecule has 7 heteroatoms. The zero-order valence-corrected chi connectivity index (χ0v) is 11.1. The van der Waals surface area contributed by atoms with Gasteiger partial charge in [0.15, 0.2) is 5.82 Å². The highest BCUT2D eigenvalue weighted by Gasteiger charge is 2.13. The summed E-state index contributed by atoms with van der Waals surface area (Å²) in [5.41, 5.74) is 1.15. The van der Waals surface area contributed by atoms with E-state index in [0.717, 1.165) is 5.69 Å². The van der Waals surface area contributed by atoms with Crippen LogP contribution in [0.4, 0.5) is 5.82 Å². The van der Waals surface area contributed by atoms with Gasteiger partial charge in [-0.2, -0.15) is 5.10 Å². The summed E-state index contributed by atoms with van der Waals surface area (Å²) < 4.78 is 0.685. The molecule has 0 fully saturated rings. The molecule has 0 saturated carbocycles. The molecular weight excluding hydrogens is 307 g/mol. The predicted octanol–water partition coefficient (Wildman–Crippen LogP) is 2.78. The van der Waals surface area contributed by atoms with Crippen molar-refractivity contribution in [3.05, 3.63) is 39.2 Å². The van der Waals surface area contributed by atoms with Gasteiger partial charge in [-0.3, -0.25) is 9.89 Å². The summed E-state index contributed by atoms with van der Waals surface area (Å²) in [7, 11) is 0. The number of nitrogens with zero attached hydrogens (tertiary/aromatic N) is 2. The van der Waals surface area contributed by atoms with Crippen molar-refractivity contribution in [3.8, 4) is 0 Å². The van der Waals surface area contributed by atoms with Gasteiger partial charge in [0.2, 0.25) is 0 Å². The van der Waals surface area contributed by atoms with Gasteiger partial charge < -0.3 is 5.32 Å². The van der Waals surface area contributed by atoms with Crippen molar-refractivity contribution in [2.75, 3.05) is 5.32 Å². The van der Waals surface area contributed by atoms with Crippen LogP contribution in [0.1, 0.15) is 16.1 Å². The highest BCUT2D eigenvalue weighted by Crippen LogP contribution is 2.19. The van der Waals surface area contributed by atoms with Crippen LogP contribution >= 0.6 is 27.5 Å². The lowest BCUT2D eigenvalue weighted by Crippen LogP contribution is -2.13. The molecule has 17 heavy (non-hydrogen) atoms. The van der Waals surface area contributed by atoms with Gasteiger partial charge in [-0.1, -0.05) is 11.6 Å². The van der Waals surface area contributed by atoms with Gasteiger partial charge in [-0.25, -0.2) is 4.98 Å². The summed E-state index contributed by atoms with van der Waals surface area (Å²) in [5, 5.41) is 9.40. The number of aryl methyl sites for hydroxylation is 1. The highest BCUT2D eigenvalue weighted by atomic mass is 79.9. The first kappa shape index (κ1) is 12.1. The summed E-state index contributed by atoms with van der Waals surface area (Å²) in [6, 6.07) is 3.32. The van der Waals surface area contributed by atoms with E-state index >= 15 is 0 Å². The minimum absolute atomic E-state index is 0.151. The number of rotatable bonds is 2. The predicted molar refractivity (Wildman–Crippen MR) is 68.2 cm³/mol. The highest BCUT2D eigenvalue weighted by molar-refractivity contribution is 9.10. The number of aromatic amines is 1. The number of hydrogen-bond acceptors (Lipinski definition) is 3. The molecule has 0 unspecified atom stereocenters. The molecule has 0 saturated heterocycles. The molecule has 2 rings (SSSR count). The number of anilines is 1. The van der Waals surface area contributed by atoms with E-state index in [2.05, 4.69) is 36.4 Å². The topological polar surface area (TPSA) is 70.7 Å². The van der Waals surface area contributed by atoms with Crippen LogP contribution in [0.25, 0.3) is 0 Å². The van der Waals surface area contributed by atoms with Gasteiger partial charge >= 0.3 is 0 Å². The quantitative estimate of drug-likeness (QED) is 0.837. The fraction of sp³-hybridized carbons (Fsp3) is 0.100. The lowest BCUT2D eigenvalue weighted by molar-refractivity contribution is 0.102. The Kier molecular flexibility index (Phi) is 3.44. The molecule has 0 bridgehead atoms. The molecule has 0 spiro atoms. The number of hydrogen-bond donors (Lipinski definition) is 2. The first-order chi connectivity index (χ1) is 8.06. The number of halogens is 2. The Morgan fingerprint density at radius 1 is 1.53 bits per heavy atom. The molecule has 0 aliphatic rings. The fourth-order valence-corrected chi connectivity index (χ4v) is 1.77. The van der Waals surface area contributed by atoms with E-state index in [1.54, 1.807) is 12.1 Å². The number of carbonyl (C=O) groups is 1. The van der Waals surface area contributed by atoms with E-state index < -0.39 is 0 Å². The number of H-pyrrole nitrogens is 1. The van der Waals surface area contributed by atoms with Crippen LogP contribution in [-0.2, 0) is 0 Å². The number of amides is 1. The van der Waals surface area contributed by atoms with Crippen molar-refractivity contribution < 1.29 is 4.79 Å². The van der Waals surface area contributed by atoms with Gasteiger partial charge in [0.25, 0.3) is 5.91 Å². The van der Waals surface area contributed by atoms with E-state index in [1.165, 1.54) is 6.20 Å². The Morgan fingerprint density at radius 2 is 2.29 bits per heavy atom. The van der Waals surface area contributed by atoms with Crippen molar-refractivity contribution in [2.24, 2.45) is 0 Å². The molecule has 2 aromatic rings. The summed E-state index contributed by atoms with van der Waals surface area (Å²) in [5.74, 6) is 0.0962. The Balaban J connectivity index is 2.22.